The first-order chi connectivity index (χ1) is 11.2. The van der Waals surface area contributed by atoms with Gasteiger partial charge in [-0.05, 0) is 19.1 Å². The number of ether oxygens (including phenoxy) is 2. The fraction of sp³-hybridized carbons (Fsp3) is 0.812. The van der Waals surface area contributed by atoms with Crippen LogP contribution in [0.25, 0.3) is 0 Å². The molecule has 0 unspecified atom stereocenters. The Labute approximate surface area is 142 Å². The largest absolute Gasteiger partial charge is 0.481 e. The standard InChI is InChI=1S/C16H28N4O2S/c1-13-14(15(21-3)19(2)18-13)10-17-11-16(4-9-23-12-16)20-5-7-22-8-6-20/h17H,4-12H2,1-3H3/t16-/m1/s1. The fourth-order valence-electron chi connectivity index (χ4n) is 3.69. The number of aryl methyl sites for hydroxylation is 2. The molecule has 1 atom stereocenters. The fourth-order valence-corrected chi connectivity index (χ4v) is 5.17. The van der Waals surface area contributed by atoms with Gasteiger partial charge in [0.05, 0.1) is 31.6 Å². The van der Waals surface area contributed by atoms with Gasteiger partial charge in [-0.2, -0.15) is 16.9 Å². The van der Waals surface area contributed by atoms with Gasteiger partial charge in [0.25, 0.3) is 0 Å². The van der Waals surface area contributed by atoms with Gasteiger partial charge in [0.15, 0.2) is 0 Å². The molecule has 6 nitrogen and oxygen atoms in total. The third-order valence-corrected chi connectivity index (χ3v) is 6.24. The van der Waals surface area contributed by atoms with E-state index < -0.39 is 0 Å². The van der Waals surface area contributed by atoms with Crippen LogP contribution in [0.2, 0.25) is 0 Å². The van der Waals surface area contributed by atoms with Gasteiger partial charge in [0.2, 0.25) is 5.88 Å². The molecule has 0 aliphatic carbocycles. The summed E-state index contributed by atoms with van der Waals surface area (Å²) >= 11 is 2.07. The molecule has 130 valence electrons. The molecule has 0 amide bonds. The smallest absolute Gasteiger partial charge is 0.216 e. The lowest BCUT2D eigenvalue weighted by molar-refractivity contribution is -0.0134. The first-order valence-corrected chi connectivity index (χ1v) is 9.49. The second kappa shape index (κ2) is 7.42. The molecule has 3 rings (SSSR count). The minimum atomic E-state index is 0.276. The molecule has 1 aromatic heterocycles. The Morgan fingerprint density at radius 2 is 2.17 bits per heavy atom. The summed E-state index contributed by atoms with van der Waals surface area (Å²) in [5, 5.41) is 8.14. The maximum absolute atomic E-state index is 5.53. The summed E-state index contributed by atoms with van der Waals surface area (Å²) in [4.78, 5) is 2.64. The predicted octanol–water partition coefficient (Wildman–Crippen LogP) is 1.03. The molecule has 23 heavy (non-hydrogen) atoms. The van der Waals surface area contributed by atoms with E-state index in [0.29, 0.717) is 0 Å². The SMILES string of the molecule is COc1c(CNC[C@]2(N3CCOCC3)CCSC2)c(C)nn1C. The van der Waals surface area contributed by atoms with Gasteiger partial charge in [-0.3, -0.25) is 4.90 Å². The van der Waals surface area contributed by atoms with Crippen LogP contribution in [0.15, 0.2) is 0 Å². The number of hydrogen-bond acceptors (Lipinski definition) is 6. The second-order valence-corrected chi connectivity index (χ2v) is 7.53. The summed E-state index contributed by atoms with van der Waals surface area (Å²) in [5.74, 6) is 3.33. The van der Waals surface area contributed by atoms with Crippen LogP contribution in [0, 0.1) is 6.92 Å². The molecule has 0 bridgehead atoms. The highest BCUT2D eigenvalue weighted by molar-refractivity contribution is 7.99. The molecular weight excluding hydrogens is 312 g/mol. The van der Waals surface area contributed by atoms with E-state index in [1.807, 2.05) is 18.7 Å². The van der Waals surface area contributed by atoms with Crippen molar-refractivity contribution in [2.75, 3.05) is 51.5 Å². The van der Waals surface area contributed by atoms with Crippen molar-refractivity contribution in [1.82, 2.24) is 20.0 Å². The average molecular weight is 340 g/mol. The van der Waals surface area contributed by atoms with Crippen molar-refractivity contribution in [3.05, 3.63) is 11.3 Å². The Balaban J connectivity index is 1.64. The summed E-state index contributed by atoms with van der Waals surface area (Å²) < 4.78 is 12.8. The normalized spacial score (nSPS) is 25.9. The maximum Gasteiger partial charge on any atom is 0.216 e. The molecule has 1 N–H and O–H groups in total. The highest BCUT2D eigenvalue weighted by atomic mass is 32.2. The molecule has 2 aliphatic rings. The number of aromatic nitrogens is 2. The minimum absolute atomic E-state index is 0.276. The number of hydrogen-bond donors (Lipinski definition) is 1. The third kappa shape index (κ3) is 3.52. The van der Waals surface area contributed by atoms with Crippen molar-refractivity contribution < 1.29 is 9.47 Å². The van der Waals surface area contributed by atoms with Crippen LogP contribution in [0.1, 0.15) is 17.7 Å². The van der Waals surface area contributed by atoms with Gasteiger partial charge in [-0.25, -0.2) is 4.68 Å². The zero-order valence-corrected chi connectivity index (χ0v) is 15.2. The van der Waals surface area contributed by atoms with Crippen LogP contribution in [0.3, 0.4) is 0 Å². The van der Waals surface area contributed by atoms with Crippen molar-refractivity contribution in [1.29, 1.82) is 0 Å². The van der Waals surface area contributed by atoms with Crippen molar-refractivity contribution in [2.24, 2.45) is 7.05 Å². The Morgan fingerprint density at radius 3 is 2.83 bits per heavy atom. The highest BCUT2D eigenvalue weighted by Crippen LogP contribution is 2.33. The zero-order chi connectivity index (χ0) is 16.3. The number of methoxy groups -OCH3 is 1. The highest BCUT2D eigenvalue weighted by Gasteiger charge is 2.40. The van der Waals surface area contributed by atoms with Crippen LogP contribution in [-0.2, 0) is 18.3 Å². The molecular formula is C16H28N4O2S. The number of nitrogens with one attached hydrogen (secondary N) is 1. The molecule has 2 fully saturated rings. The van der Waals surface area contributed by atoms with E-state index in [0.717, 1.165) is 56.5 Å². The van der Waals surface area contributed by atoms with E-state index >= 15 is 0 Å². The second-order valence-electron chi connectivity index (χ2n) is 6.43. The number of rotatable bonds is 6. The molecule has 0 spiro atoms. The van der Waals surface area contributed by atoms with E-state index in [2.05, 4.69) is 27.1 Å². The van der Waals surface area contributed by atoms with Crippen LogP contribution < -0.4 is 10.1 Å². The summed E-state index contributed by atoms with van der Waals surface area (Å²) in [6, 6.07) is 0. The van der Waals surface area contributed by atoms with Gasteiger partial charge in [0.1, 0.15) is 0 Å². The van der Waals surface area contributed by atoms with Crippen LogP contribution >= 0.6 is 11.8 Å². The lowest BCUT2D eigenvalue weighted by Gasteiger charge is -2.43. The zero-order valence-electron chi connectivity index (χ0n) is 14.4. The third-order valence-electron chi connectivity index (χ3n) is 5.00. The molecule has 2 aliphatic heterocycles. The van der Waals surface area contributed by atoms with Crippen molar-refractivity contribution in [3.63, 3.8) is 0 Å². The van der Waals surface area contributed by atoms with Gasteiger partial charge in [-0.15, -0.1) is 0 Å². The Bertz CT molecular complexity index is 522. The van der Waals surface area contributed by atoms with Gasteiger partial charge >= 0.3 is 0 Å². The first-order valence-electron chi connectivity index (χ1n) is 8.34. The van der Waals surface area contributed by atoms with Crippen molar-refractivity contribution in [2.45, 2.75) is 25.4 Å². The predicted molar refractivity (Wildman–Crippen MR) is 93.3 cm³/mol. The number of morpholine rings is 1. The molecule has 7 heteroatoms. The van der Waals surface area contributed by atoms with Gasteiger partial charge in [0, 0.05) is 44.5 Å². The van der Waals surface area contributed by atoms with Crippen molar-refractivity contribution >= 4 is 11.8 Å². The van der Waals surface area contributed by atoms with E-state index in [-0.39, 0.29) is 5.54 Å². The monoisotopic (exact) mass is 340 g/mol. The Morgan fingerprint density at radius 1 is 1.39 bits per heavy atom. The first kappa shape index (κ1) is 17.1. The summed E-state index contributed by atoms with van der Waals surface area (Å²) in [6.45, 7) is 7.69. The van der Waals surface area contributed by atoms with Crippen LogP contribution in [0.4, 0.5) is 0 Å². The summed E-state index contributed by atoms with van der Waals surface area (Å²) in [7, 11) is 3.64. The topological polar surface area (TPSA) is 51.6 Å². The van der Waals surface area contributed by atoms with Gasteiger partial charge in [-0.1, -0.05) is 0 Å². The Hall–Kier alpha value is -0.760. The molecule has 0 aromatic carbocycles. The number of thioether (sulfide) groups is 1. The molecule has 3 heterocycles. The van der Waals surface area contributed by atoms with Crippen molar-refractivity contribution in [3.8, 4) is 5.88 Å². The summed E-state index contributed by atoms with van der Waals surface area (Å²) in [5.41, 5.74) is 2.48. The summed E-state index contributed by atoms with van der Waals surface area (Å²) in [6.07, 6.45) is 1.26. The number of nitrogens with zero attached hydrogens (tertiary/aromatic N) is 3. The van der Waals surface area contributed by atoms with E-state index in [1.165, 1.54) is 17.9 Å². The lowest BCUT2D eigenvalue weighted by Crippen LogP contribution is -2.58. The van der Waals surface area contributed by atoms with E-state index in [1.54, 1.807) is 7.11 Å². The quantitative estimate of drug-likeness (QED) is 0.835. The van der Waals surface area contributed by atoms with Crippen LogP contribution in [0.5, 0.6) is 5.88 Å². The molecule has 1 aromatic rings. The van der Waals surface area contributed by atoms with E-state index in [4.69, 9.17) is 9.47 Å². The molecule has 0 saturated carbocycles. The minimum Gasteiger partial charge on any atom is -0.481 e. The maximum atomic E-state index is 5.53. The van der Waals surface area contributed by atoms with E-state index in [9.17, 15) is 0 Å². The molecule has 0 radical (unpaired) electrons. The average Bonchev–Trinajstić information content (AvgIpc) is 3.14. The lowest BCUT2D eigenvalue weighted by atomic mass is 9.95. The van der Waals surface area contributed by atoms with Gasteiger partial charge < -0.3 is 14.8 Å². The van der Waals surface area contributed by atoms with Crippen LogP contribution in [-0.4, -0.2) is 71.7 Å². The Kier molecular flexibility index (Phi) is 5.51. The molecule has 2 saturated heterocycles.